The molecule has 82 valence electrons. The molecule has 0 aliphatic carbocycles. The number of hydrogen-bond donors (Lipinski definition) is 0. The maximum Gasteiger partial charge on any atom is 0.416 e. The van der Waals surface area contributed by atoms with Crippen LogP contribution in [0.5, 0.6) is 0 Å². The highest BCUT2D eigenvalue weighted by molar-refractivity contribution is 9.09. The van der Waals surface area contributed by atoms with E-state index in [2.05, 4.69) is 15.9 Å². The molecule has 0 unspecified atom stereocenters. The molecule has 0 fully saturated rings. The molecule has 0 radical (unpaired) electrons. The van der Waals surface area contributed by atoms with Crippen LogP contribution in [0.3, 0.4) is 0 Å². The van der Waals surface area contributed by atoms with Crippen LogP contribution in [0.4, 0.5) is 13.2 Å². The van der Waals surface area contributed by atoms with Gasteiger partial charge in [-0.05, 0) is 24.6 Å². The zero-order valence-electron chi connectivity index (χ0n) is 7.86. The van der Waals surface area contributed by atoms with Crippen molar-refractivity contribution in [3.8, 4) is 0 Å². The van der Waals surface area contributed by atoms with Crippen LogP contribution < -0.4 is 0 Å². The SMILES string of the molecule is Cc1cc(C(=O)CBr)ccc1C(F)(F)F. The minimum atomic E-state index is -4.36. The number of ketones is 1. The first-order chi connectivity index (χ1) is 6.86. The topological polar surface area (TPSA) is 17.1 Å². The number of aryl methyl sites for hydroxylation is 1. The Bertz CT molecular complexity index is 385. The molecular formula is C10H8BrF3O. The standard InChI is InChI=1S/C10H8BrF3O/c1-6-4-7(9(15)5-11)2-3-8(6)10(12,13)14/h2-4H,5H2,1H3. The van der Waals surface area contributed by atoms with E-state index in [0.29, 0.717) is 0 Å². The molecule has 0 aliphatic rings. The zero-order valence-corrected chi connectivity index (χ0v) is 9.45. The Morgan fingerprint density at radius 1 is 1.40 bits per heavy atom. The summed E-state index contributed by atoms with van der Waals surface area (Å²) >= 11 is 2.96. The fourth-order valence-electron chi connectivity index (χ4n) is 1.23. The summed E-state index contributed by atoms with van der Waals surface area (Å²) in [5.41, 5.74) is -0.347. The molecule has 15 heavy (non-hydrogen) atoms. The van der Waals surface area contributed by atoms with E-state index in [0.717, 1.165) is 6.07 Å². The molecule has 0 aliphatic heterocycles. The highest BCUT2D eigenvalue weighted by Crippen LogP contribution is 2.32. The van der Waals surface area contributed by atoms with Gasteiger partial charge in [-0.15, -0.1) is 0 Å². The van der Waals surface area contributed by atoms with Crippen LogP contribution in [0.2, 0.25) is 0 Å². The second-order valence-corrected chi connectivity index (χ2v) is 3.65. The molecule has 0 heterocycles. The lowest BCUT2D eigenvalue weighted by Gasteiger charge is -2.10. The van der Waals surface area contributed by atoms with Crippen molar-refractivity contribution >= 4 is 21.7 Å². The van der Waals surface area contributed by atoms with Crippen LogP contribution >= 0.6 is 15.9 Å². The van der Waals surface area contributed by atoms with Crippen LogP contribution in [-0.2, 0) is 6.18 Å². The number of Topliss-reactive ketones (excluding diaryl/α,β-unsaturated/α-hetero) is 1. The van der Waals surface area contributed by atoms with E-state index >= 15 is 0 Å². The number of halogens is 4. The number of benzene rings is 1. The Morgan fingerprint density at radius 3 is 2.40 bits per heavy atom. The van der Waals surface area contributed by atoms with E-state index in [1.165, 1.54) is 19.1 Å². The summed E-state index contributed by atoms with van der Waals surface area (Å²) in [6.07, 6.45) is -4.36. The Kier molecular flexibility index (Phi) is 3.54. The monoisotopic (exact) mass is 280 g/mol. The molecule has 0 amide bonds. The number of alkyl halides is 4. The van der Waals surface area contributed by atoms with Crippen molar-refractivity contribution in [3.05, 3.63) is 34.9 Å². The second kappa shape index (κ2) is 4.35. The van der Waals surface area contributed by atoms with E-state index in [1.807, 2.05) is 0 Å². The average Bonchev–Trinajstić information content (AvgIpc) is 2.14. The summed E-state index contributed by atoms with van der Waals surface area (Å²) in [6, 6.07) is 3.39. The Hall–Kier alpha value is -0.840. The summed E-state index contributed by atoms with van der Waals surface area (Å²) in [6.45, 7) is 1.34. The normalized spacial score (nSPS) is 11.5. The van der Waals surface area contributed by atoms with E-state index in [9.17, 15) is 18.0 Å². The Morgan fingerprint density at radius 2 is 2.00 bits per heavy atom. The van der Waals surface area contributed by atoms with Crippen molar-refractivity contribution in [3.63, 3.8) is 0 Å². The molecule has 0 saturated heterocycles. The largest absolute Gasteiger partial charge is 0.416 e. The Balaban J connectivity index is 3.15. The molecule has 1 aromatic carbocycles. The highest BCUT2D eigenvalue weighted by atomic mass is 79.9. The average molecular weight is 281 g/mol. The van der Waals surface area contributed by atoms with Crippen molar-refractivity contribution < 1.29 is 18.0 Å². The predicted octanol–water partition coefficient (Wildman–Crippen LogP) is 3.59. The molecule has 0 aromatic heterocycles. The molecule has 1 rings (SSSR count). The third-order valence-electron chi connectivity index (χ3n) is 1.98. The first-order valence-electron chi connectivity index (χ1n) is 4.13. The van der Waals surface area contributed by atoms with Gasteiger partial charge in [0.05, 0.1) is 10.9 Å². The van der Waals surface area contributed by atoms with E-state index in [1.54, 1.807) is 0 Å². The van der Waals surface area contributed by atoms with Gasteiger partial charge in [-0.25, -0.2) is 0 Å². The summed E-state index contributed by atoms with van der Waals surface area (Å²) in [5, 5.41) is 0.109. The molecule has 1 nitrogen and oxygen atoms in total. The van der Waals surface area contributed by atoms with Gasteiger partial charge < -0.3 is 0 Å². The smallest absolute Gasteiger partial charge is 0.293 e. The molecular weight excluding hydrogens is 273 g/mol. The third-order valence-corrected chi connectivity index (χ3v) is 2.48. The number of carbonyl (C=O) groups is 1. The van der Waals surface area contributed by atoms with Crippen molar-refractivity contribution in [1.82, 2.24) is 0 Å². The van der Waals surface area contributed by atoms with Crippen molar-refractivity contribution in [2.75, 3.05) is 5.33 Å². The van der Waals surface area contributed by atoms with Gasteiger partial charge in [0.25, 0.3) is 0 Å². The van der Waals surface area contributed by atoms with E-state index in [-0.39, 0.29) is 22.2 Å². The lowest BCUT2D eigenvalue weighted by molar-refractivity contribution is -0.138. The van der Waals surface area contributed by atoms with Gasteiger partial charge >= 0.3 is 6.18 Å². The molecule has 0 atom stereocenters. The van der Waals surface area contributed by atoms with Crippen LogP contribution in [0.25, 0.3) is 0 Å². The minimum Gasteiger partial charge on any atom is -0.293 e. The zero-order chi connectivity index (χ0) is 11.6. The third kappa shape index (κ3) is 2.81. The maximum atomic E-state index is 12.4. The molecule has 5 heteroatoms. The first-order valence-corrected chi connectivity index (χ1v) is 5.25. The molecule has 1 aromatic rings. The quantitative estimate of drug-likeness (QED) is 0.598. The van der Waals surface area contributed by atoms with Crippen LogP contribution in [0.1, 0.15) is 21.5 Å². The lowest BCUT2D eigenvalue weighted by atomic mass is 10.0. The number of rotatable bonds is 2. The molecule has 0 N–H and O–H groups in total. The fourth-order valence-corrected chi connectivity index (χ4v) is 1.56. The number of carbonyl (C=O) groups excluding carboxylic acids is 1. The predicted molar refractivity (Wildman–Crippen MR) is 54.3 cm³/mol. The van der Waals surface area contributed by atoms with Gasteiger partial charge in [0.1, 0.15) is 0 Å². The van der Waals surface area contributed by atoms with E-state index in [4.69, 9.17) is 0 Å². The Labute approximate surface area is 93.4 Å². The highest BCUT2D eigenvalue weighted by Gasteiger charge is 2.32. The van der Waals surface area contributed by atoms with Gasteiger partial charge in [0, 0.05) is 5.56 Å². The van der Waals surface area contributed by atoms with Gasteiger partial charge in [-0.3, -0.25) is 4.79 Å². The van der Waals surface area contributed by atoms with Crippen LogP contribution in [0.15, 0.2) is 18.2 Å². The summed E-state index contributed by atoms with van der Waals surface area (Å²) < 4.78 is 37.1. The van der Waals surface area contributed by atoms with Crippen molar-refractivity contribution in [1.29, 1.82) is 0 Å². The van der Waals surface area contributed by atoms with Crippen molar-refractivity contribution in [2.45, 2.75) is 13.1 Å². The summed E-state index contributed by atoms with van der Waals surface area (Å²) in [4.78, 5) is 11.2. The summed E-state index contributed by atoms with van der Waals surface area (Å²) in [7, 11) is 0. The summed E-state index contributed by atoms with van der Waals surface area (Å²) in [5.74, 6) is -0.230. The van der Waals surface area contributed by atoms with Gasteiger partial charge in [-0.1, -0.05) is 22.0 Å². The van der Waals surface area contributed by atoms with Gasteiger partial charge in [-0.2, -0.15) is 13.2 Å². The molecule has 0 saturated carbocycles. The maximum absolute atomic E-state index is 12.4. The van der Waals surface area contributed by atoms with Crippen LogP contribution in [0, 0.1) is 6.92 Å². The first kappa shape index (κ1) is 12.2. The van der Waals surface area contributed by atoms with E-state index < -0.39 is 11.7 Å². The minimum absolute atomic E-state index is 0.0642. The van der Waals surface area contributed by atoms with Crippen LogP contribution in [-0.4, -0.2) is 11.1 Å². The van der Waals surface area contributed by atoms with Gasteiger partial charge in [0.2, 0.25) is 0 Å². The number of hydrogen-bond acceptors (Lipinski definition) is 1. The molecule has 0 bridgehead atoms. The fraction of sp³-hybridized carbons (Fsp3) is 0.300. The lowest BCUT2D eigenvalue weighted by Crippen LogP contribution is -2.09. The second-order valence-electron chi connectivity index (χ2n) is 3.08. The van der Waals surface area contributed by atoms with Gasteiger partial charge in [0.15, 0.2) is 5.78 Å². The molecule has 0 spiro atoms. The van der Waals surface area contributed by atoms with Crippen molar-refractivity contribution in [2.24, 2.45) is 0 Å².